The molecule has 0 aliphatic carbocycles. The predicted molar refractivity (Wildman–Crippen MR) is 64.1 cm³/mol. The fourth-order valence-electron chi connectivity index (χ4n) is 1.44. The maximum absolute atomic E-state index is 9.75. The first-order chi connectivity index (χ1) is 7.50. The number of phenols is 2. The number of nitrogen functional groups attached to an aromatic ring is 1. The average Bonchev–Trinajstić information content (AvgIpc) is 2.54. The highest BCUT2D eigenvalue weighted by molar-refractivity contribution is 9.10. The van der Waals surface area contributed by atoms with Crippen LogP contribution in [0.5, 0.6) is 11.5 Å². The zero-order valence-corrected chi connectivity index (χ0v) is 10.1. The number of aromatic nitrogens is 2. The van der Waals surface area contributed by atoms with Gasteiger partial charge in [0.25, 0.3) is 0 Å². The lowest BCUT2D eigenvalue weighted by atomic mass is 10.1. The van der Waals surface area contributed by atoms with Crippen molar-refractivity contribution in [3.8, 4) is 22.6 Å². The van der Waals surface area contributed by atoms with Crippen LogP contribution in [0.1, 0.15) is 0 Å². The molecule has 0 aliphatic rings. The largest absolute Gasteiger partial charge is 0.504 e. The van der Waals surface area contributed by atoms with Gasteiger partial charge in [-0.25, -0.2) is 0 Å². The minimum atomic E-state index is -0.206. The third-order valence-corrected chi connectivity index (χ3v) is 2.79. The molecule has 5 nitrogen and oxygen atoms in total. The van der Waals surface area contributed by atoms with E-state index in [1.165, 1.54) is 16.9 Å². The van der Waals surface area contributed by atoms with E-state index in [1.807, 2.05) is 0 Å². The van der Waals surface area contributed by atoms with Crippen LogP contribution < -0.4 is 5.73 Å². The maximum Gasteiger partial charge on any atom is 0.165 e. The summed E-state index contributed by atoms with van der Waals surface area (Å²) in [7, 11) is 1.70. The van der Waals surface area contributed by atoms with Crippen molar-refractivity contribution in [3.05, 3.63) is 22.8 Å². The molecule has 16 heavy (non-hydrogen) atoms. The summed E-state index contributed by atoms with van der Waals surface area (Å²) in [6, 6.07) is 3.08. The highest BCUT2D eigenvalue weighted by Crippen LogP contribution is 2.40. The summed E-state index contributed by atoms with van der Waals surface area (Å²) in [5, 5.41) is 23.2. The van der Waals surface area contributed by atoms with Crippen molar-refractivity contribution < 1.29 is 10.2 Å². The molecule has 0 bridgehead atoms. The highest BCUT2D eigenvalue weighted by atomic mass is 79.9. The normalized spacial score (nSPS) is 10.6. The summed E-state index contributed by atoms with van der Waals surface area (Å²) in [5.41, 5.74) is 6.82. The Hall–Kier alpha value is -1.69. The van der Waals surface area contributed by atoms with Crippen LogP contribution in [0.2, 0.25) is 0 Å². The molecule has 0 amide bonds. The fourth-order valence-corrected chi connectivity index (χ4v) is 1.89. The van der Waals surface area contributed by atoms with Gasteiger partial charge in [-0.05, 0) is 12.1 Å². The Morgan fingerprint density at radius 1 is 1.31 bits per heavy atom. The Bertz CT molecular complexity index is 551. The summed E-state index contributed by atoms with van der Waals surface area (Å²) in [4.78, 5) is 0. The standard InChI is InChI=1S/C10H10BrN3O2/c1-14-10(12)7(4-13-14)6-2-5(11)3-8(15)9(6)16/h2-4,15-16H,12H2,1H3. The number of halogens is 1. The van der Waals surface area contributed by atoms with Crippen LogP contribution in [0.3, 0.4) is 0 Å². The first-order valence-corrected chi connectivity index (χ1v) is 5.29. The van der Waals surface area contributed by atoms with Crippen molar-refractivity contribution in [2.24, 2.45) is 7.05 Å². The molecule has 4 N–H and O–H groups in total. The van der Waals surface area contributed by atoms with Gasteiger partial charge in [-0.3, -0.25) is 4.68 Å². The quantitative estimate of drug-likeness (QED) is 0.698. The molecular formula is C10H10BrN3O2. The van der Waals surface area contributed by atoms with Gasteiger partial charge >= 0.3 is 0 Å². The summed E-state index contributed by atoms with van der Waals surface area (Å²) >= 11 is 3.24. The predicted octanol–water partition coefficient (Wildman–Crippen LogP) is 1.84. The van der Waals surface area contributed by atoms with Crippen LogP contribution in [0.25, 0.3) is 11.1 Å². The second kappa shape index (κ2) is 3.71. The number of aromatic hydroxyl groups is 2. The second-order valence-corrected chi connectivity index (χ2v) is 4.30. The minimum Gasteiger partial charge on any atom is -0.504 e. The van der Waals surface area contributed by atoms with E-state index in [4.69, 9.17) is 5.73 Å². The lowest BCUT2D eigenvalue weighted by Gasteiger charge is -2.06. The van der Waals surface area contributed by atoms with Crippen LogP contribution in [0.4, 0.5) is 5.82 Å². The monoisotopic (exact) mass is 283 g/mol. The smallest absolute Gasteiger partial charge is 0.165 e. The first-order valence-electron chi connectivity index (χ1n) is 4.50. The summed E-state index contributed by atoms with van der Waals surface area (Å²) in [6.45, 7) is 0. The highest BCUT2D eigenvalue weighted by Gasteiger charge is 2.15. The van der Waals surface area contributed by atoms with Gasteiger partial charge in [0, 0.05) is 22.6 Å². The van der Waals surface area contributed by atoms with Crippen LogP contribution in [0.15, 0.2) is 22.8 Å². The number of benzene rings is 1. The zero-order chi connectivity index (χ0) is 11.9. The minimum absolute atomic E-state index is 0.201. The molecule has 0 unspecified atom stereocenters. The van der Waals surface area contributed by atoms with Crippen molar-refractivity contribution in [1.29, 1.82) is 0 Å². The van der Waals surface area contributed by atoms with E-state index in [0.29, 0.717) is 21.4 Å². The molecule has 1 aromatic heterocycles. The van der Waals surface area contributed by atoms with E-state index in [1.54, 1.807) is 13.1 Å². The van der Waals surface area contributed by atoms with Crippen LogP contribution in [0, 0.1) is 0 Å². The molecule has 0 saturated heterocycles. The summed E-state index contributed by atoms with van der Waals surface area (Å²) in [6.07, 6.45) is 1.54. The molecule has 84 valence electrons. The number of rotatable bonds is 1. The number of nitrogens with zero attached hydrogens (tertiary/aromatic N) is 2. The molecule has 0 saturated carbocycles. The molecule has 0 atom stereocenters. The van der Waals surface area contributed by atoms with E-state index < -0.39 is 0 Å². The van der Waals surface area contributed by atoms with Crippen molar-refractivity contribution in [2.75, 3.05) is 5.73 Å². The number of hydrogen-bond donors (Lipinski definition) is 3. The molecule has 0 fully saturated rings. The van der Waals surface area contributed by atoms with Gasteiger partial charge in [0.2, 0.25) is 0 Å². The number of phenolic OH excluding ortho intramolecular Hbond substituents is 2. The lowest BCUT2D eigenvalue weighted by Crippen LogP contribution is -1.98. The SMILES string of the molecule is Cn1ncc(-c2cc(Br)cc(O)c2O)c1N. The Balaban J connectivity index is 2.69. The number of anilines is 1. The number of aryl methyl sites for hydroxylation is 1. The van der Waals surface area contributed by atoms with Gasteiger partial charge in [-0.15, -0.1) is 0 Å². The van der Waals surface area contributed by atoms with Gasteiger partial charge in [0.15, 0.2) is 11.5 Å². The molecule has 1 heterocycles. The van der Waals surface area contributed by atoms with Crippen molar-refractivity contribution in [1.82, 2.24) is 9.78 Å². The van der Waals surface area contributed by atoms with Gasteiger partial charge in [0.05, 0.1) is 6.20 Å². The molecule has 0 radical (unpaired) electrons. The number of nitrogens with two attached hydrogens (primary N) is 1. The van der Waals surface area contributed by atoms with Gasteiger partial charge in [-0.1, -0.05) is 15.9 Å². The van der Waals surface area contributed by atoms with E-state index in [2.05, 4.69) is 21.0 Å². The lowest BCUT2D eigenvalue weighted by molar-refractivity contribution is 0.405. The molecular weight excluding hydrogens is 274 g/mol. The molecule has 6 heteroatoms. The summed E-state index contributed by atoms with van der Waals surface area (Å²) < 4.78 is 2.15. The topological polar surface area (TPSA) is 84.3 Å². The second-order valence-electron chi connectivity index (χ2n) is 3.39. The van der Waals surface area contributed by atoms with Gasteiger partial charge < -0.3 is 15.9 Å². The Morgan fingerprint density at radius 3 is 2.56 bits per heavy atom. The van der Waals surface area contributed by atoms with Crippen molar-refractivity contribution >= 4 is 21.7 Å². The van der Waals surface area contributed by atoms with Crippen molar-refractivity contribution in [3.63, 3.8) is 0 Å². The third-order valence-electron chi connectivity index (χ3n) is 2.33. The Kier molecular flexibility index (Phi) is 2.51. The summed E-state index contributed by atoms with van der Waals surface area (Å²) in [5.74, 6) is 0.0170. The average molecular weight is 284 g/mol. The first kappa shape index (κ1) is 10.8. The van der Waals surface area contributed by atoms with E-state index >= 15 is 0 Å². The Labute approximate surface area is 100 Å². The Morgan fingerprint density at radius 2 is 2.00 bits per heavy atom. The fraction of sp³-hybridized carbons (Fsp3) is 0.100. The van der Waals surface area contributed by atoms with Crippen LogP contribution in [-0.4, -0.2) is 20.0 Å². The third kappa shape index (κ3) is 1.61. The van der Waals surface area contributed by atoms with E-state index in [9.17, 15) is 10.2 Å². The molecule has 0 aliphatic heterocycles. The van der Waals surface area contributed by atoms with Crippen molar-refractivity contribution in [2.45, 2.75) is 0 Å². The zero-order valence-electron chi connectivity index (χ0n) is 8.48. The molecule has 0 spiro atoms. The molecule has 1 aromatic carbocycles. The van der Waals surface area contributed by atoms with Gasteiger partial charge in [0.1, 0.15) is 5.82 Å². The number of hydrogen-bond acceptors (Lipinski definition) is 4. The molecule has 2 rings (SSSR count). The van der Waals surface area contributed by atoms with E-state index in [-0.39, 0.29) is 11.5 Å². The maximum atomic E-state index is 9.75. The van der Waals surface area contributed by atoms with Gasteiger partial charge in [-0.2, -0.15) is 5.10 Å². The van der Waals surface area contributed by atoms with E-state index in [0.717, 1.165) is 0 Å². The molecule has 2 aromatic rings. The van der Waals surface area contributed by atoms with Crippen LogP contribution >= 0.6 is 15.9 Å². The van der Waals surface area contributed by atoms with Crippen LogP contribution in [-0.2, 0) is 7.05 Å².